The largest absolute Gasteiger partial charge is 0.493 e. The molecule has 1 rings (SSSR count). The molecule has 14 heavy (non-hydrogen) atoms. The normalized spacial score (nSPS) is 10.1. The molecule has 0 aliphatic rings. The van der Waals surface area contributed by atoms with Crippen LogP contribution >= 0.6 is 11.6 Å². The SMILES string of the molecule is CNNc1ccc(Cl)c(B(O)O)c1F. The lowest BCUT2D eigenvalue weighted by atomic mass is 9.79. The van der Waals surface area contributed by atoms with Gasteiger partial charge in [-0.3, -0.25) is 0 Å². The highest BCUT2D eigenvalue weighted by Gasteiger charge is 2.22. The van der Waals surface area contributed by atoms with Crippen molar-refractivity contribution in [2.24, 2.45) is 0 Å². The van der Waals surface area contributed by atoms with Crippen molar-refractivity contribution < 1.29 is 14.4 Å². The van der Waals surface area contributed by atoms with Gasteiger partial charge in [0.15, 0.2) is 0 Å². The molecule has 0 heterocycles. The zero-order valence-electron chi connectivity index (χ0n) is 7.38. The summed E-state index contributed by atoms with van der Waals surface area (Å²) < 4.78 is 13.5. The molecule has 0 radical (unpaired) electrons. The Bertz CT molecular complexity index is 338. The van der Waals surface area contributed by atoms with Gasteiger partial charge in [-0.1, -0.05) is 11.6 Å². The molecule has 0 saturated carbocycles. The van der Waals surface area contributed by atoms with Gasteiger partial charge in [0, 0.05) is 17.5 Å². The molecule has 76 valence electrons. The van der Waals surface area contributed by atoms with Crippen LogP contribution in [0.15, 0.2) is 12.1 Å². The molecule has 0 bridgehead atoms. The zero-order chi connectivity index (χ0) is 10.7. The van der Waals surface area contributed by atoms with E-state index in [9.17, 15) is 4.39 Å². The Morgan fingerprint density at radius 1 is 1.43 bits per heavy atom. The van der Waals surface area contributed by atoms with Gasteiger partial charge in [-0.25, -0.2) is 9.82 Å². The summed E-state index contributed by atoms with van der Waals surface area (Å²) in [6.45, 7) is 0. The minimum absolute atomic E-state index is 0.0286. The molecule has 0 amide bonds. The first-order chi connectivity index (χ1) is 6.57. The minimum Gasteiger partial charge on any atom is -0.423 e. The van der Waals surface area contributed by atoms with Crippen molar-refractivity contribution in [2.45, 2.75) is 0 Å². The highest BCUT2D eigenvalue weighted by molar-refractivity contribution is 6.63. The number of hydrazine groups is 1. The third-order valence-electron chi connectivity index (χ3n) is 1.64. The lowest BCUT2D eigenvalue weighted by Crippen LogP contribution is -2.35. The highest BCUT2D eigenvalue weighted by atomic mass is 35.5. The van der Waals surface area contributed by atoms with Crippen molar-refractivity contribution in [2.75, 3.05) is 12.5 Å². The van der Waals surface area contributed by atoms with E-state index < -0.39 is 12.9 Å². The van der Waals surface area contributed by atoms with Crippen LogP contribution in [0.5, 0.6) is 0 Å². The number of rotatable bonds is 3. The maximum atomic E-state index is 13.5. The summed E-state index contributed by atoms with van der Waals surface area (Å²) in [6, 6.07) is 2.76. The van der Waals surface area contributed by atoms with E-state index in [1.54, 1.807) is 7.05 Å². The summed E-state index contributed by atoms with van der Waals surface area (Å²) in [5.41, 5.74) is 4.76. The van der Waals surface area contributed by atoms with Gasteiger partial charge in [-0.05, 0) is 12.1 Å². The van der Waals surface area contributed by atoms with E-state index in [0.29, 0.717) is 0 Å². The number of hydrogen-bond acceptors (Lipinski definition) is 4. The molecule has 0 spiro atoms. The Morgan fingerprint density at radius 3 is 2.57 bits per heavy atom. The predicted octanol–water partition coefficient (Wildman–Crippen LogP) is -0.295. The minimum atomic E-state index is -1.93. The average Bonchev–Trinajstić information content (AvgIpc) is 2.10. The molecule has 4 N–H and O–H groups in total. The number of nitrogens with one attached hydrogen (secondary N) is 2. The van der Waals surface area contributed by atoms with Gasteiger partial charge in [0.25, 0.3) is 0 Å². The van der Waals surface area contributed by atoms with Crippen LogP contribution in [0, 0.1) is 5.82 Å². The summed E-state index contributed by atoms with van der Waals surface area (Å²) in [4.78, 5) is 0. The number of halogens is 2. The number of hydrogen-bond donors (Lipinski definition) is 4. The predicted molar refractivity (Wildman–Crippen MR) is 53.9 cm³/mol. The lowest BCUT2D eigenvalue weighted by Gasteiger charge is -2.10. The van der Waals surface area contributed by atoms with E-state index in [-0.39, 0.29) is 16.2 Å². The Labute approximate surface area is 85.8 Å². The van der Waals surface area contributed by atoms with E-state index in [4.69, 9.17) is 21.6 Å². The molecular formula is C7H9BClFN2O2. The Hall–Kier alpha value is -0.815. The van der Waals surface area contributed by atoms with E-state index in [1.807, 2.05) is 0 Å². The topological polar surface area (TPSA) is 64.5 Å². The van der Waals surface area contributed by atoms with Gasteiger partial charge in [0.1, 0.15) is 5.82 Å². The van der Waals surface area contributed by atoms with E-state index >= 15 is 0 Å². The molecule has 7 heteroatoms. The average molecular weight is 218 g/mol. The molecule has 0 aliphatic carbocycles. The second-order valence-corrected chi connectivity index (χ2v) is 2.98. The Morgan fingerprint density at radius 2 is 2.07 bits per heavy atom. The molecule has 0 saturated heterocycles. The molecule has 0 unspecified atom stereocenters. The van der Waals surface area contributed by atoms with E-state index in [2.05, 4.69) is 10.9 Å². The van der Waals surface area contributed by atoms with Gasteiger partial charge in [0.05, 0.1) is 5.69 Å². The highest BCUT2D eigenvalue weighted by Crippen LogP contribution is 2.16. The summed E-state index contributed by atoms with van der Waals surface area (Å²) >= 11 is 5.59. The third-order valence-corrected chi connectivity index (χ3v) is 1.97. The first-order valence-corrected chi connectivity index (χ1v) is 4.22. The van der Waals surface area contributed by atoms with Crippen LogP contribution < -0.4 is 16.3 Å². The van der Waals surface area contributed by atoms with Crippen LogP contribution in [0.25, 0.3) is 0 Å². The molecule has 0 atom stereocenters. The maximum Gasteiger partial charge on any atom is 0.493 e. The Kier molecular flexibility index (Phi) is 3.71. The second kappa shape index (κ2) is 4.61. The lowest BCUT2D eigenvalue weighted by molar-refractivity contribution is 0.423. The summed E-state index contributed by atoms with van der Waals surface area (Å²) in [5, 5.41) is 17.7. The van der Waals surface area contributed by atoms with Crippen molar-refractivity contribution in [3.8, 4) is 0 Å². The Balaban J connectivity index is 3.19. The molecule has 1 aromatic carbocycles. The fourth-order valence-electron chi connectivity index (χ4n) is 1.04. The zero-order valence-corrected chi connectivity index (χ0v) is 8.14. The summed E-state index contributed by atoms with van der Waals surface area (Å²) in [6.07, 6.45) is 0. The van der Waals surface area contributed by atoms with Crippen LogP contribution in [0.3, 0.4) is 0 Å². The van der Waals surface area contributed by atoms with Gasteiger partial charge in [-0.15, -0.1) is 0 Å². The monoisotopic (exact) mass is 218 g/mol. The van der Waals surface area contributed by atoms with Gasteiger partial charge in [0.2, 0.25) is 0 Å². The maximum absolute atomic E-state index is 13.5. The molecule has 0 aliphatic heterocycles. The van der Waals surface area contributed by atoms with Gasteiger partial charge in [-0.2, -0.15) is 0 Å². The van der Waals surface area contributed by atoms with Crippen molar-refractivity contribution in [1.29, 1.82) is 0 Å². The molecule has 1 aromatic rings. The summed E-state index contributed by atoms with van der Waals surface area (Å²) in [7, 11) is -0.371. The van der Waals surface area contributed by atoms with Crippen LogP contribution in [-0.4, -0.2) is 24.2 Å². The van der Waals surface area contributed by atoms with Crippen LogP contribution in [0.4, 0.5) is 10.1 Å². The van der Waals surface area contributed by atoms with Crippen molar-refractivity contribution in [3.63, 3.8) is 0 Å². The van der Waals surface area contributed by atoms with E-state index in [0.717, 1.165) is 0 Å². The molecule has 4 nitrogen and oxygen atoms in total. The fraction of sp³-hybridized carbons (Fsp3) is 0.143. The fourth-order valence-corrected chi connectivity index (χ4v) is 1.28. The third kappa shape index (κ3) is 2.16. The first-order valence-electron chi connectivity index (χ1n) is 3.84. The van der Waals surface area contributed by atoms with Crippen molar-refractivity contribution >= 4 is 29.9 Å². The smallest absolute Gasteiger partial charge is 0.423 e. The first kappa shape index (κ1) is 11.3. The number of benzene rings is 1. The molecular weight excluding hydrogens is 209 g/mol. The molecule has 0 aromatic heterocycles. The van der Waals surface area contributed by atoms with Crippen LogP contribution in [-0.2, 0) is 0 Å². The van der Waals surface area contributed by atoms with Gasteiger partial charge >= 0.3 is 7.12 Å². The standard InChI is InChI=1S/C7H9BClFN2O2/c1-11-12-5-3-2-4(9)6(7(5)10)8(13)14/h2-3,11-14H,1H3. The van der Waals surface area contributed by atoms with E-state index in [1.165, 1.54) is 12.1 Å². The van der Waals surface area contributed by atoms with Crippen LogP contribution in [0.1, 0.15) is 0 Å². The van der Waals surface area contributed by atoms with Gasteiger partial charge < -0.3 is 15.5 Å². The van der Waals surface area contributed by atoms with Crippen molar-refractivity contribution in [1.82, 2.24) is 5.43 Å². The van der Waals surface area contributed by atoms with Crippen molar-refractivity contribution in [3.05, 3.63) is 23.0 Å². The molecule has 0 fully saturated rings. The second-order valence-electron chi connectivity index (χ2n) is 2.57. The quantitative estimate of drug-likeness (QED) is 0.416. The summed E-state index contributed by atoms with van der Waals surface area (Å²) in [5.74, 6) is -0.790. The number of anilines is 1. The van der Waals surface area contributed by atoms with Crippen LogP contribution in [0.2, 0.25) is 5.02 Å².